The molecule has 0 radical (unpaired) electrons. The number of hydrogen-bond acceptors (Lipinski definition) is 3. The summed E-state index contributed by atoms with van der Waals surface area (Å²) >= 11 is 0. The van der Waals surface area contributed by atoms with E-state index in [0.717, 1.165) is 0 Å². The molecule has 3 nitrogen and oxygen atoms in total. The zero-order valence-corrected chi connectivity index (χ0v) is 9.75. The maximum absolute atomic E-state index is 11.9. The first-order valence-corrected chi connectivity index (χ1v) is 5.18. The van der Waals surface area contributed by atoms with Crippen molar-refractivity contribution < 1.29 is 22.6 Å². The Bertz CT molecular complexity index is 438. The van der Waals surface area contributed by atoms with Gasteiger partial charge in [-0.15, -0.1) is 0 Å². The van der Waals surface area contributed by atoms with Crippen LogP contribution in [-0.2, 0) is 11.3 Å². The van der Waals surface area contributed by atoms with E-state index in [1.165, 1.54) is 13.2 Å². The lowest BCUT2D eigenvalue weighted by Gasteiger charge is -2.10. The number of nitriles is 1. The van der Waals surface area contributed by atoms with E-state index in [2.05, 4.69) is 0 Å². The van der Waals surface area contributed by atoms with Gasteiger partial charge >= 0.3 is 6.18 Å². The minimum absolute atomic E-state index is 0.0191. The van der Waals surface area contributed by atoms with E-state index in [9.17, 15) is 13.2 Å². The van der Waals surface area contributed by atoms with Crippen molar-refractivity contribution in [3.8, 4) is 11.8 Å². The number of benzene rings is 1. The van der Waals surface area contributed by atoms with Crippen LogP contribution in [0.3, 0.4) is 0 Å². The molecule has 18 heavy (non-hydrogen) atoms. The summed E-state index contributed by atoms with van der Waals surface area (Å²) in [4.78, 5) is 0. The number of nitrogens with zero attached hydrogens (tertiary/aromatic N) is 1. The predicted molar refractivity (Wildman–Crippen MR) is 58.0 cm³/mol. The highest BCUT2D eigenvalue weighted by Gasteiger charge is 2.26. The molecule has 1 rings (SSSR count). The second-order valence-corrected chi connectivity index (χ2v) is 3.56. The number of ether oxygens (including phenoxy) is 2. The number of hydrogen-bond donors (Lipinski definition) is 0. The number of alkyl halides is 3. The summed E-state index contributed by atoms with van der Waals surface area (Å²) in [5.74, 6) is 0.487. The lowest BCUT2D eigenvalue weighted by atomic mass is 10.1. The molecule has 1 aromatic rings. The van der Waals surface area contributed by atoms with Crippen molar-refractivity contribution in [2.75, 3.05) is 13.7 Å². The van der Waals surface area contributed by atoms with Crippen molar-refractivity contribution in [1.29, 1.82) is 5.26 Å². The molecule has 0 bridgehead atoms. The second kappa shape index (κ2) is 6.26. The molecule has 0 aliphatic carbocycles. The number of rotatable bonds is 5. The third-order valence-electron chi connectivity index (χ3n) is 2.20. The van der Waals surface area contributed by atoms with Crippen LogP contribution in [0.15, 0.2) is 18.2 Å². The molecule has 0 unspecified atom stereocenters. The first-order chi connectivity index (χ1) is 8.46. The highest BCUT2D eigenvalue weighted by Crippen LogP contribution is 2.22. The van der Waals surface area contributed by atoms with Crippen molar-refractivity contribution >= 4 is 0 Å². The maximum Gasteiger partial charge on any atom is 0.391 e. The molecule has 0 heterocycles. The molecule has 0 saturated carbocycles. The predicted octanol–water partition coefficient (Wildman–Crippen LogP) is 3.04. The monoisotopic (exact) mass is 259 g/mol. The Morgan fingerprint density at radius 1 is 1.33 bits per heavy atom. The zero-order valence-electron chi connectivity index (χ0n) is 9.75. The van der Waals surface area contributed by atoms with Gasteiger partial charge in [-0.2, -0.15) is 18.4 Å². The summed E-state index contributed by atoms with van der Waals surface area (Å²) in [6.45, 7) is -0.432. The Hall–Kier alpha value is -1.74. The third-order valence-corrected chi connectivity index (χ3v) is 2.20. The lowest BCUT2D eigenvalue weighted by molar-refractivity contribution is -0.146. The SMILES string of the molecule is COc1ccc(C#N)cc1COCCC(F)(F)F. The Balaban J connectivity index is 2.58. The molecule has 0 aliphatic heterocycles. The minimum Gasteiger partial charge on any atom is -0.496 e. The Morgan fingerprint density at radius 2 is 2.06 bits per heavy atom. The van der Waals surface area contributed by atoms with Gasteiger partial charge in [-0.25, -0.2) is 0 Å². The van der Waals surface area contributed by atoms with Crippen LogP contribution in [-0.4, -0.2) is 19.9 Å². The van der Waals surface area contributed by atoms with Crippen LogP contribution in [0.25, 0.3) is 0 Å². The van der Waals surface area contributed by atoms with Crippen LogP contribution in [0.5, 0.6) is 5.75 Å². The summed E-state index contributed by atoms with van der Waals surface area (Å²) < 4.78 is 45.7. The summed E-state index contributed by atoms with van der Waals surface area (Å²) in [5, 5.41) is 8.72. The van der Waals surface area contributed by atoms with Crippen molar-refractivity contribution in [2.45, 2.75) is 19.2 Å². The molecule has 0 amide bonds. The fourth-order valence-electron chi connectivity index (χ4n) is 1.33. The maximum atomic E-state index is 11.9. The van der Waals surface area contributed by atoms with Crippen molar-refractivity contribution in [3.05, 3.63) is 29.3 Å². The Labute approximate surface area is 103 Å². The first-order valence-electron chi connectivity index (χ1n) is 5.18. The van der Waals surface area contributed by atoms with Gasteiger partial charge in [0.2, 0.25) is 0 Å². The zero-order chi connectivity index (χ0) is 13.6. The smallest absolute Gasteiger partial charge is 0.391 e. The van der Waals surface area contributed by atoms with Crippen LogP contribution >= 0.6 is 0 Å². The van der Waals surface area contributed by atoms with Crippen molar-refractivity contribution in [2.24, 2.45) is 0 Å². The van der Waals surface area contributed by atoms with Gasteiger partial charge in [0.05, 0.1) is 38.4 Å². The third kappa shape index (κ3) is 4.63. The van der Waals surface area contributed by atoms with Gasteiger partial charge in [-0.05, 0) is 18.2 Å². The van der Waals surface area contributed by atoms with Crippen LogP contribution < -0.4 is 4.74 Å². The van der Waals surface area contributed by atoms with E-state index >= 15 is 0 Å². The molecular formula is C12H12F3NO2. The van der Waals surface area contributed by atoms with E-state index in [1.54, 1.807) is 12.1 Å². The summed E-state index contributed by atoms with van der Waals surface area (Å²) in [5.41, 5.74) is 0.962. The minimum atomic E-state index is -4.22. The highest BCUT2D eigenvalue weighted by atomic mass is 19.4. The average molecular weight is 259 g/mol. The van der Waals surface area contributed by atoms with E-state index in [-0.39, 0.29) is 6.61 Å². The van der Waals surface area contributed by atoms with E-state index in [4.69, 9.17) is 14.7 Å². The average Bonchev–Trinajstić information content (AvgIpc) is 2.33. The van der Waals surface area contributed by atoms with Gasteiger partial charge in [0.15, 0.2) is 0 Å². The largest absolute Gasteiger partial charge is 0.496 e. The summed E-state index contributed by atoms with van der Waals surface area (Å²) in [7, 11) is 1.45. The van der Waals surface area contributed by atoms with Crippen molar-refractivity contribution in [1.82, 2.24) is 0 Å². The van der Waals surface area contributed by atoms with Gasteiger partial charge in [0.1, 0.15) is 5.75 Å². The topological polar surface area (TPSA) is 42.2 Å². The molecule has 0 fully saturated rings. The van der Waals surface area contributed by atoms with Gasteiger partial charge in [-0.1, -0.05) is 0 Å². The van der Waals surface area contributed by atoms with Gasteiger partial charge in [0, 0.05) is 5.56 Å². The fraction of sp³-hybridized carbons (Fsp3) is 0.417. The second-order valence-electron chi connectivity index (χ2n) is 3.56. The molecule has 0 spiro atoms. The van der Waals surface area contributed by atoms with E-state index in [1.807, 2.05) is 6.07 Å². The van der Waals surface area contributed by atoms with Crippen molar-refractivity contribution in [3.63, 3.8) is 0 Å². The molecule has 0 aliphatic rings. The number of methoxy groups -OCH3 is 1. The van der Waals surface area contributed by atoms with Crippen LogP contribution in [0.1, 0.15) is 17.5 Å². The lowest BCUT2D eigenvalue weighted by Crippen LogP contribution is -2.11. The fourth-order valence-corrected chi connectivity index (χ4v) is 1.33. The molecule has 0 atom stereocenters. The van der Waals surface area contributed by atoms with Gasteiger partial charge in [-0.3, -0.25) is 0 Å². The molecule has 0 aromatic heterocycles. The van der Waals surface area contributed by atoms with Gasteiger partial charge < -0.3 is 9.47 Å². The summed E-state index contributed by atoms with van der Waals surface area (Å²) in [6.07, 6.45) is -5.22. The van der Waals surface area contributed by atoms with Gasteiger partial charge in [0.25, 0.3) is 0 Å². The van der Waals surface area contributed by atoms with E-state index in [0.29, 0.717) is 16.9 Å². The van der Waals surface area contributed by atoms with Crippen LogP contribution in [0.4, 0.5) is 13.2 Å². The normalized spacial score (nSPS) is 11.1. The molecule has 1 aromatic carbocycles. The molecule has 6 heteroatoms. The standard InChI is InChI=1S/C12H12F3NO2/c1-17-11-3-2-9(7-16)6-10(11)8-18-5-4-12(13,14)15/h2-3,6H,4-5,8H2,1H3. The highest BCUT2D eigenvalue weighted by molar-refractivity contribution is 5.41. The molecular weight excluding hydrogens is 247 g/mol. The van der Waals surface area contributed by atoms with E-state index < -0.39 is 19.2 Å². The van der Waals surface area contributed by atoms with Crippen LogP contribution in [0, 0.1) is 11.3 Å². The quantitative estimate of drug-likeness (QED) is 0.763. The Morgan fingerprint density at radius 3 is 2.61 bits per heavy atom. The molecule has 0 saturated heterocycles. The summed E-state index contributed by atoms with van der Waals surface area (Å²) in [6, 6.07) is 6.63. The molecule has 0 N–H and O–H groups in total. The van der Waals surface area contributed by atoms with Crippen LogP contribution in [0.2, 0.25) is 0 Å². The Kier molecular flexibility index (Phi) is 4.98. The number of halogens is 3. The first kappa shape index (κ1) is 14.3. The molecule has 98 valence electrons.